The molecule has 144 valence electrons. The summed E-state index contributed by atoms with van der Waals surface area (Å²) in [6, 6.07) is 1.55. The number of rotatable bonds is 0. The monoisotopic (exact) mass is 374 g/mol. The molecule has 0 radical (unpaired) electrons. The van der Waals surface area contributed by atoms with Gasteiger partial charge in [-0.25, -0.2) is 8.78 Å². The van der Waals surface area contributed by atoms with Crippen LogP contribution in [0.3, 0.4) is 0 Å². The third-order valence-electron chi connectivity index (χ3n) is 6.23. The highest BCUT2D eigenvalue weighted by atomic mass is 19.1. The van der Waals surface area contributed by atoms with E-state index in [1.807, 2.05) is 0 Å². The van der Waals surface area contributed by atoms with Crippen LogP contribution in [0.15, 0.2) is 23.1 Å². The summed E-state index contributed by atoms with van der Waals surface area (Å²) < 4.78 is 30.7. The van der Waals surface area contributed by atoms with Crippen molar-refractivity contribution in [3.8, 4) is 0 Å². The Morgan fingerprint density at radius 1 is 1.15 bits per heavy atom. The van der Waals surface area contributed by atoms with Crippen molar-refractivity contribution in [2.45, 2.75) is 25.9 Å². The van der Waals surface area contributed by atoms with Crippen LogP contribution in [-0.2, 0) is 7.05 Å². The third-order valence-corrected chi connectivity index (χ3v) is 6.23. The fraction of sp³-hybridized carbons (Fsp3) is 0.450. The molecular formula is C20H24F2N4O. The summed E-state index contributed by atoms with van der Waals surface area (Å²) in [5, 5.41) is 0.425. The summed E-state index contributed by atoms with van der Waals surface area (Å²) >= 11 is 0. The fourth-order valence-electron chi connectivity index (χ4n) is 4.30. The van der Waals surface area contributed by atoms with Crippen LogP contribution < -0.4 is 15.4 Å². The van der Waals surface area contributed by atoms with Crippen LogP contribution in [0.4, 0.5) is 20.2 Å². The van der Waals surface area contributed by atoms with Crippen molar-refractivity contribution in [3.05, 3.63) is 45.9 Å². The summed E-state index contributed by atoms with van der Waals surface area (Å²) in [7, 11) is 5.38. The number of nitrogens with zero attached hydrogens (tertiary/aromatic N) is 4. The molecule has 2 aliphatic heterocycles. The molecular weight excluding hydrogens is 350 g/mol. The van der Waals surface area contributed by atoms with Crippen LogP contribution >= 0.6 is 0 Å². The lowest BCUT2D eigenvalue weighted by atomic mass is 9.96. The topological polar surface area (TPSA) is 31.7 Å². The maximum atomic E-state index is 14.9. The first-order chi connectivity index (χ1) is 12.6. The second kappa shape index (κ2) is 5.79. The highest BCUT2D eigenvalue weighted by Gasteiger charge is 2.41. The highest BCUT2D eigenvalue weighted by Crippen LogP contribution is 2.44. The van der Waals surface area contributed by atoms with Crippen LogP contribution in [0.5, 0.6) is 0 Å². The predicted molar refractivity (Wildman–Crippen MR) is 105 cm³/mol. The standard InChI is InChI=1S/C20H24F2N4O/c1-10-8-26-15(9-23(10)4)12(3)24(5)19-18(26)13-7-14(21)11(2)16(22)17(13)25(6)20(19)27/h7,10,15H,3,8-9H2,1-2,4-6H3. The molecule has 27 heavy (non-hydrogen) atoms. The van der Waals surface area contributed by atoms with Gasteiger partial charge >= 0.3 is 0 Å². The Morgan fingerprint density at radius 2 is 1.81 bits per heavy atom. The van der Waals surface area contributed by atoms with Crippen LogP contribution in [0, 0.1) is 18.6 Å². The number of pyridine rings is 1. The second-order valence-corrected chi connectivity index (χ2v) is 7.76. The van der Waals surface area contributed by atoms with E-state index in [1.165, 1.54) is 24.6 Å². The number of aryl methyl sites for hydroxylation is 1. The molecule has 0 spiro atoms. The van der Waals surface area contributed by atoms with E-state index in [9.17, 15) is 13.6 Å². The molecule has 5 nitrogen and oxygen atoms in total. The smallest absolute Gasteiger partial charge is 0.276 e. The van der Waals surface area contributed by atoms with Gasteiger partial charge < -0.3 is 14.4 Å². The first-order valence-electron chi connectivity index (χ1n) is 9.05. The normalized spacial score (nSPS) is 23.0. The van der Waals surface area contributed by atoms with Crippen molar-refractivity contribution in [3.63, 3.8) is 0 Å². The lowest BCUT2D eigenvalue weighted by Crippen LogP contribution is -2.61. The molecule has 2 aromatic rings. The van der Waals surface area contributed by atoms with Crippen molar-refractivity contribution in [2.24, 2.45) is 7.05 Å². The zero-order valence-electron chi connectivity index (χ0n) is 16.3. The van der Waals surface area contributed by atoms with E-state index in [0.717, 1.165) is 12.2 Å². The van der Waals surface area contributed by atoms with Crippen molar-refractivity contribution in [1.82, 2.24) is 9.47 Å². The first-order valence-corrected chi connectivity index (χ1v) is 9.05. The molecule has 4 rings (SSSR count). The maximum Gasteiger partial charge on any atom is 0.276 e. The average molecular weight is 374 g/mol. The van der Waals surface area contributed by atoms with Gasteiger partial charge in [-0.2, -0.15) is 0 Å². The molecule has 3 heterocycles. The van der Waals surface area contributed by atoms with Crippen LogP contribution in [0.2, 0.25) is 0 Å². The largest absolute Gasteiger partial charge is 0.358 e. The lowest BCUT2D eigenvalue weighted by molar-refractivity contribution is 0.208. The van der Waals surface area contributed by atoms with E-state index in [1.54, 1.807) is 11.9 Å². The molecule has 0 amide bonds. The minimum Gasteiger partial charge on any atom is -0.358 e. The van der Waals surface area contributed by atoms with Crippen LogP contribution in [0.1, 0.15) is 12.5 Å². The molecule has 0 N–H and O–H groups in total. The van der Waals surface area contributed by atoms with Gasteiger partial charge in [-0.1, -0.05) is 6.58 Å². The van der Waals surface area contributed by atoms with Gasteiger partial charge in [-0.15, -0.1) is 0 Å². The molecule has 2 atom stereocenters. The minimum absolute atomic E-state index is 0.0496. The Morgan fingerprint density at radius 3 is 2.48 bits per heavy atom. The summed E-state index contributed by atoms with van der Waals surface area (Å²) in [5.74, 6) is -1.29. The first kappa shape index (κ1) is 18.0. The number of halogens is 2. The molecule has 0 saturated carbocycles. The van der Waals surface area contributed by atoms with Crippen molar-refractivity contribution in [2.75, 3.05) is 37.0 Å². The maximum absolute atomic E-state index is 14.9. The van der Waals surface area contributed by atoms with E-state index in [0.29, 0.717) is 23.3 Å². The van der Waals surface area contributed by atoms with Gasteiger partial charge in [0.1, 0.15) is 11.5 Å². The number of aromatic nitrogens is 1. The number of benzene rings is 1. The summed E-state index contributed by atoms with van der Waals surface area (Å²) in [4.78, 5) is 19.2. The Balaban J connectivity index is 2.14. The zero-order chi connectivity index (χ0) is 19.8. The van der Waals surface area contributed by atoms with Gasteiger partial charge in [0, 0.05) is 49.9 Å². The van der Waals surface area contributed by atoms with Gasteiger partial charge in [-0.3, -0.25) is 9.69 Å². The third kappa shape index (κ3) is 2.27. The minimum atomic E-state index is -0.682. The summed E-state index contributed by atoms with van der Waals surface area (Å²) in [5.41, 5.74) is 1.59. The van der Waals surface area contributed by atoms with E-state index in [4.69, 9.17) is 0 Å². The molecule has 1 fully saturated rings. The van der Waals surface area contributed by atoms with E-state index >= 15 is 0 Å². The number of hydrogen-bond acceptors (Lipinski definition) is 4. The van der Waals surface area contributed by atoms with Crippen LogP contribution in [-0.4, -0.2) is 48.7 Å². The molecule has 0 aliphatic carbocycles. The quantitative estimate of drug-likeness (QED) is 0.710. The number of anilines is 2. The molecule has 1 aromatic carbocycles. The number of likely N-dealkylation sites (N-methyl/N-ethyl adjacent to an activating group) is 2. The summed E-state index contributed by atoms with van der Waals surface area (Å²) in [6.45, 7) is 9.08. The van der Waals surface area contributed by atoms with Gasteiger partial charge in [0.2, 0.25) is 0 Å². The number of piperazine rings is 1. The molecule has 7 heteroatoms. The molecule has 2 unspecified atom stereocenters. The SMILES string of the molecule is C=C1C2CN(C)C(C)CN2c2c(c(=O)n(C)c3c(F)c(C)c(F)cc23)N1C. The Bertz CT molecular complexity index is 1040. The second-order valence-electron chi connectivity index (χ2n) is 7.76. The highest BCUT2D eigenvalue weighted by molar-refractivity contribution is 6.01. The van der Waals surface area contributed by atoms with Crippen molar-refractivity contribution < 1.29 is 8.78 Å². The predicted octanol–water partition coefficient (Wildman–Crippen LogP) is 2.60. The van der Waals surface area contributed by atoms with E-state index < -0.39 is 11.6 Å². The zero-order valence-corrected chi connectivity index (χ0v) is 16.3. The van der Waals surface area contributed by atoms with E-state index in [-0.39, 0.29) is 28.7 Å². The average Bonchev–Trinajstić information content (AvgIpc) is 2.62. The fourth-order valence-corrected chi connectivity index (χ4v) is 4.30. The Labute approximate surface area is 157 Å². The van der Waals surface area contributed by atoms with Crippen molar-refractivity contribution >= 4 is 22.3 Å². The molecule has 2 aliphatic rings. The van der Waals surface area contributed by atoms with Gasteiger partial charge in [0.25, 0.3) is 5.56 Å². The van der Waals surface area contributed by atoms with Crippen molar-refractivity contribution in [1.29, 1.82) is 0 Å². The number of fused-ring (bicyclic) bond motifs is 5. The Hall–Kier alpha value is -2.41. The lowest BCUT2D eigenvalue weighted by Gasteiger charge is -2.51. The Kier molecular flexibility index (Phi) is 3.86. The molecule has 1 saturated heterocycles. The molecule has 0 bridgehead atoms. The van der Waals surface area contributed by atoms with Gasteiger partial charge in [0.05, 0.1) is 17.2 Å². The van der Waals surface area contributed by atoms with E-state index in [2.05, 4.69) is 30.4 Å². The number of hydrogen-bond donors (Lipinski definition) is 0. The van der Waals surface area contributed by atoms with Crippen LogP contribution in [0.25, 0.3) is 10.9 Å². The molecule has 1 aromatic heterocycles. The summed E-state index contributed by atoms with van der Waals surface area (Å²) in [6.07, 6.45) is 0. The van der Waals surface area contributed by atoms with Gasteiger partial charge in [-0.05, 0) is 27.0 Å². The van der Waals surface area contributed by atoms with Gasteiger partial charge in [0.15, 0.2) is 5.82 Å².